The largest absolute Gasteiger partial charge is 0.494 e. The number of carbonyl (C=O) groups excluding carboxylic acids is 2. The van der Waals surface area contributed by atoms with Gasteiger partial charge in [0.15, 0.2) is 18.3 Å². The highest BCUT2D eigenvalue weighted by molar-refractivity contribution is 5.96. The molecule has 116 valence electrons. The molecule has 0 bridgehead atoms. The van der Waals surface area contributed by atoms with E-state index in [1.54, 1.807) is 33.8 Å². The molecule has 0 saturated carbocycles. The molecule has 0 unspecified atom stereocenters. The maximum Gasteiger partial charge on any atom is 0.312 e. The molecule has 6 heteroatoms. The van der Waals surface area contributed by atoms with Gasteiger partial charge >= 0.3 is 5.97 Å². The molecule has 0 radical (unpaired) electrons. The van der Waals surface area contributed by atoms with E-state index < -0.39 is 23.1 Å². The Balaban J connectivity index is 2.75. The first-order valence-electron chi connectivity index (χ1n) is 6.47. The van der Waals surface area contributed by atoms with E-state index in [1.807, 2.05) is 0 Å². The van der Waals surface area contributed by atoms with Gasteiger partial charge in [0, 0.05) is 0 Å². The molecular weight excluding hydrogens is 277 g/mol. The molecule has 5 nitrogen and oxygen atoms in total. The fourth-order valence-corrected chi connectivity index (χ4v) is 1.56. The van der Waals surface area contributed by atoms with Crippen LogP contribution < -0.4 is 10.1 Å². The van der Waals surface area contributed by atoms with Crippen LogP contribution in [0, 0.1) is 18.2 Å². The average Bonchev–Trinajstić information content (AvgIpc) is 2.37. The zero-order valence-corrected chi connectivity index (χ0v) is 12.9. The number of hydrogen-bond acceptors (Lipinski definition) is 4. The van der Waals surface area contributed by atoms with Crippen molar-refractivity contribution in [1.29, 1.82) is 0 Å². The van der Waals surface area contributed by atoms with Gasteiger partial charge in [0.05, 0.1) is 18.1 Å². The van der Waals surface area contributed by atoms with Gasteiger partial charge in [0.1, 0.15) is 0 Å². The monoisotopic (exact) mass is 297 g/mol. The van der Waals surface area contributed by atoms with E-state index >= 15 is 0 Å². The second-order valence-electron chi connectivity index (χ2n) is 5.61. The standard InChI is InChI=1S/C15H20FNO4/c1-9-6-7-10(20-5)12(16)11(9)13(18)17-8-21-14(19)15(2,3)4/h6-7H,8H2,1-5H3,(H,17,18). The molecule has 0 saturated heterocycles. The number of hydrogen-bond donors (Lipinski definition) is 1. The minimum absolute atomic E-state index is 0.0163. The van der Waals surface area contributed by atoms with E-state index in [1.165, 1.54) is 13.2 Å². The summed E-state index contributed by atoms with van der Waals surface area (Å²) in [6.07, 6.45) is 0. The maximum atomic E-state index is 14.1. The number of amides is 1. The molecule has 1 rings (SSSR count). The summed E-state index contributed by atoms with van der Waals surface area (Å²) in [5.41, 5.74) is -0.323. The first-order valence-corrected chi connectivity index (χ1v) is 6.47. The molecule has 0 fully saturated rings. The number of halogens is 1. The SMILES string of the molecule is COc1ccc(C)c(C(=O)NCOC(=O)C(C)(C)C)c1F. The summed E-state index contributed by atoms with van der Waals surface area (Å²) >= 11 is 0. The highest BCUT2D eigenvalue weighted by atomic mass is 19.1. The molecule has 1 aromatic rings. The van der Waals surface area contributed by atoms with Crippen LogP contribution in [0.1, 0.15) is 36.7 Å². The van der Waals surface area contributed by atoms with Crippen LogP contribution in [0.2, 0.25) is 0 Å². The number of nitrogens with one attached hydrogen (secondary N) is 1. The van der Waals surface area contributed by atoms with E-state index in [4.69, 9.17) is 9.47 Å². The van der Waals surface area contributed by atoms with Gasteiger partial charge in [-0.05, 0) is 39.3 Å². The van der Waals surface area contributed by atoms with Crippen LogP contribution in [-0.4, -0.2) is 25.7 Å². The number of benzene rings is 1. The van der Waals surface area contributed by atoms with E-state index in [9.17, 15) is 14.0 Å². The normalized spacial score (nSPS) is 11.0. The molecule has 1 N–H and O–H groups in total. The van der Waals surface area contributed by atoms with Crippen molar-refractivity contribution in [2.45, 2.75) is 27.7 Å². The Kier molecular flexibility index (Phi) is 5.29. The van der Waals surface area contributed by atoms with Crippen molar-refractivity contribution in [3.05, 3.63) is 29.1 Å². The van der Waals surface area contributed by atoms with E-state index in [0.717, 1.165) is 0 Å². The second kappa shape index (κ2) is 6.56. The number of rotatable bonds is 4. The number of aryl methyl sites for hydroxylation is 1. The van der Waals surface area contributed by atoms with Gasteiger partial charge in [0.25, 0.3) is 5.91 Å². The van der Waals surface area contributed by atoms with Gasteiger partial charge in [-0.1, -0.05) is 6.07 Å². The Morgan fingerprint density at radius 1 is 1.29 bits per heavy atom. The lowest BCUT2D eigenvalue weighted by atomic mass is 9.98. The van der Waals surface area contributed by atoms with Crippen LogP contribution in [0.3, 0.4) is 0 Å². The van der Waals surface area contributed by atoms with E-state index in [-0.39, 0.29) is 18.0 Å². The van der Waals surface area contributed by atoms with Gasteiger partial charge < -0.3 is 14.8 Å². The van der Waals surface area contributed by atoms with Gasteiger partial charge in [-0.2, -0.15) is 0 Å². The lowest BCUT2D eigenvalue weighted by Gasteiger charge is -2.17. The van der Waals surface area contributed by atoms with Gasteiger partial charge in [-0.3, -0.25) is 9.59 Å². The third kappa shape index (κ3) is 4.18. The van der Waals surface area contributed by atoms with Crippen LogP contribution in [0.25, 0.3) is 0 Å². The number of methoxy groups -OCH3 is 1. The van der Waals surface area contributed by atoms with Crippen molar-refractivity contribution in [2.24, 2.45) is 5.41 Å². The Bertz CT molecular complexity index is 549. The Labute approximate surface area is 123 Å². The number of ether oxygens (including phenoxy) is 2. The minimum atomic E-state index is -0.739. The lowest BCUT2D eigenvalue weighted by molar-refractivity contribution is -0.153. The van der Waals surface area contributed by atoms with Crippen molar-refractivity contribution >= 4 is 11.9 Å². The number of esters is 1. The molecule has 0 atom stereocenters. The molecule has 0 spiro atoms. The van der Waals surface area contributed by atoms with Crippen LogP contribution >= 0.6 is 0 Å². The van der Waals surface area contributed by atoms with Gasteiger partial charge in [-0.25, -0.2) is 4.39 Å². The summed E-state index contributed by atoms with van der Waals surface area (Å²) in [6, 6.07) is 3.03. The molecule has 0 aliphatic carbocycles. The molecule has 0 aliphatic heterocycles. The summed E-state index contributed by atoms with van der Waals surface area (Å²) in [6.45, 7) is 6.39. The fraction of sp³-hybridized carbons (Fsp3) is 0.467. The quantitative estimate of drug-likeness (QED) is 0.684. The van der Waals surface area contributed by atoms with E-state index in [0.29, 0.717) is 5.56 Å². The fourth-order valence-electron chi connectivity index (χ4n) is 1.56. The molecule has 1 amide bonds. The van der Waals surface area contributed by atoms with Gasteiger partial charge in [0.2, 0.25) is 0 Å². The number of carbonyl (C=O) groups is 2. The molecule has 1 aromatic carbocycles. The molecule has 21 heavy (non-hydrogen) atoms. The highest BCUT2D eigenvalue weighted by Crippen LogP contribution is 2.23. The highest BCUT2D eigenvalue weighted by Gasteiger charge is 2.24. The van der Waals surface area contributed by atoms with Crippen LogP contribution in [0.4, 0.5) is 4.39 Å². The predicted octanol–water partition coefficient (Wildman–Crippen LogP) is 2.42. The lowest BCUT2D eigenvalue weighted by Crippen LogP contribution is -2.32. The third-order valence-corrected chi connectivity index (χ3v) is 2.81. The summed E-state index contributed by atoms with van der Waals surface area (Å²) in [5, 5.41) is 2.36. The first-order chi connectivity index (χ1) is 9.68. The smallest absolute Gasteiger partial charge is 0.312 e. The molecule has 0 aromatic heterocycles. The summed E-state index contributed by atoms with van der Waals surface area (Å²) in [7, 11) is 1.32. The van der Waals surface area contributed by atoms with Crippen LogP contribution in [-0.2, 0) is 9.53 Å². The van der Waals surface area contributed by atoms with Crippen molar-refractivity contribution in [2.75, 3.05) is 13.8 Å². The Morgan fingerprint density at radius 2 is 1.90 bits per heavy atom. The summed E-state index contributed by atoms with van der Waals surface area (Å²) in [5.74, 6) is -1.87. The van der Waals surface area contributed by atoms with Gasteiger partial charge in [-0.15, -0.1) is 0 Å². The van der Waals surface area contributed by atoms with Crippen molar-refractivity contribution in [3.63, 3.8) is 0 Å². The van der Waals surface area contributed by atoms with Crippen molar-refractivity contribution in [1.82, 2.24) is 5.32 Å². The molecule has 0 heterocycles. The van der Waals surface area contributed by atoms with Crippen LogP contribution in [0.15, 0.2) is 12.1 Å². The first kappa shape index (κ1) is 16.9. The predicted molar refractivity (Wildman–Crippen MR) is 75.6 cm³/mol. The molecule has 0 aliphatic rings. The Hall–Kier alpha value is -2.11. The van der Waals surface area contributed by atoms with E-state index in [2.05, 4.69) is 5.32 Å². The summed E-state index contributed by atoms with van der Waals surface area (Å²) < 4.78 is 23.8. The molecular formula is C15H20FNO4. The second-order valence-corrected chi connectivity index (χ2v) is 5.61. The average molecular weight is 297 g/mol. The third-order valence-electron chi connectivity index (χ3n) is 2.81. The summed E-state index contributed by atoms with van der Waals surface area (Å²) in [4.78, 5) is 23.5. The Morgan fingerprint density at radius 3 is 2.43 bits per heavy atom. The topological polar surface area (TPSA) is 64.6 Å². The minimum Gasteiger partial charge on any atom is -0.494 e. The van der Waals surface area contributed by atoms with Crippen molar-refractivity contribution < 1.29 is 23.5 Å². The zero-order chi connectivity index (χ0) is 16.2. The van der Waals surface area contributed by atoms with Crippen molar-refractivity contribution in [3.8, 4) is 5.75 Å². The maximum absolute atomic E-state index is 14.1. The van der Waals surface area contributed by atoms with Crippen LogP contribution in [0.5, 0.6) is 5.75 Å². The zero-order valence-electron chi connectivity index (χ0n) is 12.9.